The van der Waals surface area contributed by atoms with Crippen molar-refractivity contribution in [2.75, 3.05) is 13.1 Å². The molecule has 0 aliphatic carbocycles. The zero-order chi connectivity index (χ0) is 17.9. The van der Waals surface area contributed by atoms with Crippen LogP contribution in [0, 0.1) is 12.8 Å². The molecule has 1 aliphatic rings. The second-order valence-electron chi connectivity index (χ2n) is 6.99. The van der Waals surface area contributed by atoms with Gasteiger partial charge in [-0.15, -0.1) is 11.3 Å². The van der Waals surface area contributed by atoms with Gasteiger partial charge in [0.05, 0.1) is 10.6 Å². The second kappa shape index (κ2) is 7.56. The van der Waals surface area contributed by atoms with Gasteiger partial charge >= 0.3 is 0 Å². The first-order valence-corrected chi connectivity index (χ1v) is 9.98. The van der Waals surface area contributed by atoms with Crippen molar-refractivity contribution in [1.82, 2.24) is 14.7 Å². The fourth-order valence-electron chi connectivity index (χ4n) is 3.70. The first-order valence-electron chi connectivity index (χ1n) is 9.10. The monoisotopic (exact) mass is 365 g/mol. The molecule has 26 heavy (non-hydrogen) atoms. The molecule has 4 rings (SSSR count). The summed E-state index contributed by atoms with van der Waals surface area (Å²) >= 11 is 1.58. The number of aryl methyl sites for hydroxylation is 1. The van der Waals surface area contributed by atoms with Crippen molar-refractivity contribution in [2.24, 2.45) is 5.92 Å². The molecule has 0 saturated carbocycles. The summed E-state index contributed by atoms with van der Waals surface area (Å²) < 4.78 is 1.88. The van der Waals surface area contributed by atoms with E-state index in [0.717, 1.165) is 48.6 Å². The number of ketones is 1. The van der Waals surface area contributed by atoms with Crippen LogP contribution in [0.5, 0.6) is 0 Å². The molecule has 4 nitrogen and oxygen atoms in total. The summed E-state index contributed by atoms with van der Waals surface area (Å²) in [5.74, 6) is 0.447. The maximum absolute atomic E-state index is 12.9. The Labute approximate surface area is 158 Å². The van der Waals surface area contributed by atoms with Crippen LogP contribution >= 0.6 is 11.3 Å². The Balaban J connectivity index is 1.45. The molecule has 0 unspecified atom stereocenters. The summed E-state index contributed by atoms with van der Waals surface area (Å²) in [5.41, 5.74) is 3.45. The predicted molar refractivity (Wildman–Crippen MR) is 105 cm³/mol. The highest BCUT2D eigenvalue weighted by Crippen LogP contribution is 2.26. The van der Waals surface area contributed by atoms with Crippen molar-refractivity contribution in [3.8, 4) is 5.69 Å². The van der Waals surface area contributed by atoms with Crippen LogP contribution < -0.4 is 0 Å². The normalized spacial score (nSPS) is 18.1. The molecule has 1 fully saturated rings. The van der Waals surface area contributed by atoms with Gasteiger partial charge in [-0.1, -0.05) is 12.1 Å². The minimum absolute atomic E-state index is 0.121. The van der Waals surface area contributed by atoms with E-state index in [9.17, 15) is 4.79 Å². The highest BCUT2D eigenvalue weighted by molar-refractivity contribution is 7.12. The first-order chi connectivity index (χ1) is 12.7. The maximum Gasteiger partial charge on any atom is 0.177 e. The summed E-state index contributed by atoms with van der Waals surface area (Å²) in [7, 11) is 0. The lowest BCUT2D eigenvalue weighted by atomic mass is 9.92. The van der Waals surface area contributed by atoms with E-state index in [0.29, 0.717) is 5.78 Å². The van der Waals surface area contributed by atoms with Crippen molar-refractivity contribution in [3.63, 3.8) is 0 Å². The lowest BCUT2D eigenvalue weighted by Gasteiger charge is -2.32. The molecule has 1 aliphatic heterocycles. The lowest BCUT2D eigenvalue weighted by Crippen LogP contribution is -2.38. The number of nitrogens with zero attached hydrogens (tertiary/aromatic N) is 3. The van der Waals surface area contributed by atoms with E-state index >= 15 is 0 Å². The van der Waals surface area contributed by atoms with E-state index in [4.69, 9.17) is 0 Å². The number of likely N-dealkylation sites (tertiary alicyclic amines) is 1. The molecule has 1 saturated heterocycles. The Hall–Kier alpha value is -2.24. The molecule has 0 amide bonds. The van der Waals surface area contributed by atoms with Crippen LogP contribution in [0.4, 0.5) is 0 Å². The highest BCUT2D eigenvalue weighted by atomic mass is 32.1. The second-order valence-corrected chi connectivity index (χ2v) is 7.91. The van der Waals surface area contributed by atoms with Crippen molar-refractivity contribution in [1.29, 1.82) is 0 Å². The van der Waals surface area contributed by atoms with E-state index in [1.165, 1.54) is 5.56 Å². The Kier molecular flexibility index (Phi) is 5.00. The average Bonchev–Trinajstić information content (AvgIpc) is 3.33. The molecule has 1 aromatic carbocycles. The molecule has 2 aromatic heterocycles. The number of carbonyl (C=O) groups is 1. The van der Waals surface area contributed by atoms with Gasteiger partial charge in [-0.3, -0.25) is 9.69 Å². The molecule has 0 spiro atoms. The van der Waals surface area contributed by atoms with Crippen LogP contribution in [0.1, 0.15) is 33.6 Å². The predicted octanol–water partition coefficient (Wildman–Crippen LogP) is 4.34. The largest absolute Gasteiger partial charge is 0.298 e. The third kappa shape index (κ3) is 3.64. The van der Waals surface area contributed by atoms with Crippen LogP contribution in [0.2, 0.25) is 0 Å². The van der Waals surface area contributed by atoms with Crippen LogP contribution in [-0.2, 0) is 6.54 Å². The van der Waals surface area contributed by atoms with Crippen LogP contribution in [0.25, 0.3) is 5.69 Å². The Morgan fingerprint density at radius 2 is 2.23 bits per heavy atom. The minimum atomic E-state index is 0.121. The van der Waals surface area contributed by atoms with E-state index in [1.807, 2.05) is 35.3 Å². The van der Waals surface area contributed by atoms with Crippen LogP contribution in [-0.4, -0.2) is 33.6 Å². The van der Waals surface area contributed by atoms with Gasteiger partial charge in [-0.2, -0.15) is 5.10 Å². The number of piperidine rings is 1. The summed E-state index contributed by atoms with van der Waals surface area (Å²) in [6, 6.07) is 12.5. The number of rotatable bonds is 5. The van der Waals surface area contributed by atoms with Crippen LogP contribution in [0.15, 0.2) is 54.2 Å². The molecule has 0 bridgehead atoms. The summed E-state index contributed by atoms with van der Waals surface area (Å²) in [6.45, 7) is 4.81. The Morgan fingerprint density at radius 3 is 3.00 bits per heavy atom. The maximum atomic E-state index is 12.9. The zero-order valence-electron chi connectivity index (χ0n) is 15.0. The van der Waals surface area contributed by atoms with Crippen LogP contribution in [0.3, 0.4) is 0 Å². The van der Waals surface area contributed by atoms with E-state index in [-0.39, 0.29) is 5.92 Å². The number of hydrogen-bond donors (Lipinski definition) is 0. The van der Waals surface area contributed by atoms with Gasteiger partial charge in [0.25, 0.3) is 0 Å². The number of benzene rings is 1. The number of carbonyl (C=O) groups excluding carboxylic acids is 1. The topological polar surface area (TPSA) is 38.1 Å². The molecule has 5 heteroatoms. The van der Waals surface area contributed by atoms with E-state index in [1.54, 1.807) is 17.5 Å². The van der Waals surface area contributed by atoms with Gasteiger partial charge in [0.2, 0.25) is 0 Å². The minimum Gasteiger partial charge on any atom is -0.298 e. The molecule has 3 heterocycles. The molecule has 134 valence electrons. The van der Waals surface area contributed by atoms with Gasteiger partial charge in [-0.25, -0.2) is 4.68 Å². The molecular weight excluding hydrogens is 342 g/mol. The van der Waals surface area contributed by atoms with E-state index < -0.39 is 0 Å². The van der Waals surface area contributed by atoms with Crippen molar-refractivity contribution in [3.05, 3.63) is 70.2 Å². The average molecular weight is 366 g/mol. The van der Waals surface area contributed by atoms with Gasteiger partial charge in [-0.05, 0) is 67.1 Å². The van der Waals surface area contributed by atoms with Gasteiger partial charge in [0.1, 0.15) is 0 Å². The molecule has 0 radical (unpaired) electrons. The third-order valence-electron chi connectivity index (χ3n) is 5.05. The number of aromatic nitrogens is 2. The van der Waals surface area contributed by atoms with Crippen molar-refractivity contribution in [2.45, 2.75) is 26.3 Å². The number of thiophene rings is 1. The molecular formula is C21H23N3OS. The van der Waals surface area contributed by atoms with Crippen molar-refractivity contribution < 1.29 is 4.79 Å². The van der Waals surface area contributed by atoms with Crippen molar-refractivity contribution >= 4 is 17.1 Å². The van der Waals surface area contributed by atoms with Gasteiger partial charge < -0.3 is 0 Å². The number of Topliss-reactive ketones (excluding diaryl/α,β-unsaturated/α-hetero) is 1. The number of hydrogen-bond acceptors (Lipinski definition) is 4. The quantitative estimate of drug-likeness (QED) is 0.632. The smallest absolute Gasteiger partial charge is 0.177 e. The fraction of sp³-hybridized carbons (Fsp3) is 0.333. The van der Waals surface area contributed by atoms with Gasteiger partial charge in [0.15, 0.2) is 5.78 Å². The zero-order valence-corrected chi connectivity index (χ0v) is 15.8. The summed E-state index contributed by atoms with van der Waals surface area (Å²) in [5, 5.41) is 6.32. The summed E-state index contributed by atoms with van der Waals surface area (Å²) in [6.07, 6.45) is 5.83. The highest BCUT2D eigenvalue weighted by Gasteiger charge is 2.28. The molecule has 1 atom stereocenters. The first kappa shape index (κ1) is 17.2. The summed E-state index contributed by atoms with van der Waals surface area (Å²) in [4.78, 5) is 16.2. The van der Waals surface area contributed by atoms with Gasteiger partial charge in [0, 0.05) is 31.4 Å². The third-order valence-corrected chi connectivity index (χ3v) is 6.08. The lowest BCUT2D eigenvalue weighted by molar-refractivity contribution is 0.0815. The fourth-order valence-corrected chi connectivity index (χ4v) is 4.65. The SMILES string of the molecule is Cc1ccsc1C(=O)[C@@H]1CCCN(Cc2cccc(-n3cccn3)c2)C1. The Bertz CT molecular complexity index is 884. The Morgan fingerprint density at radius 1 is 1.31 bits per heavy atom. The standard InChI is InChI=1S/C21H23N3OS/c1-16-8-12-26-21(16)20(25)18-6-3-10-23(15-18)14-17-5-2-7-19(13-17)24-11-4-9-22-24/h2,4-5,7-9,11-13,18H,3,6,10,14-15H2,1H3/t18-/m1/s1. The van der Waals surface area contributed by atoms with E-state index in [2.05, 4.69) is 34.3 Å². The molecule has 3 aromatic rings. The molecule has 0 N–H and O–H groups in total.